The third kappa shape index (κ3) is 4.39. The number of carboxylic acid groups (broad SMARTS) is 1. The van der Waals surface area contributed by atoms with Gasteiger partial charge in [-0.2, -0.15) is 0 Å². The quantitative estimate of drug-likeness (QED) is 0.499. The molecule has 0 spiro atoms. The average molecular weight is 259 g/mol. The number of benzene rings is 1. The van der Waals surface area contributed by atoms with Crippen molar-refractivity contribution in [2.24, 2.45) is 0 Å². The molecule has 1 aromatic rings. The van der Waals surface area contributed by atoms with Gasteiger partial charge in [0.05, 0.1) is 17.4 Å². The Balaban J connectivity index is 2.84. The number of halogens is 1. The number of aliphatic carboxylic acids is 1. The summed E-state index contributed by atoms with van der Waals surface area (Å²) in [7, 11) is 0. The van der Waals surface area contributed by atoms with E-state index >= 15 is 0 Å². The smallest absolute Gasteiger partial charge is 0.304 e. The van der Waals surface area contributed by atoms with Gasteiger partial charge in [-0.15, -0.1) is 11.8 Å². The third-order valence-corrected chi connectivity index (χ3v) is 2.94. The van der Waals surface area contributed by atoms with Gasteiger partial charge in [-0.25, -0.2) is 4.39 Å². The number of rotatable bonds is 5. The molecule has 1 atom stereocenters. The van der Waals surface area contributed by atoms with Crippen LogP contribution in [0.25, 0.3) is 0 Å². The van der Waals surface area contributed by atoms with E-state index in [1.807, 2.05) is 0 Å². The first kappa shape index (κ1) is 13.4. The Bertz CT molecular complexity index is 452. The Labute approximate surface area is 101 Å². The maximum absolute atomic E-state index is 13.1. The van der Waals surface area contributed by atoms with Gasteiger partial charge in [-0.3, -0.25) is 14.9 Å². The van der Waals surface area contributed by atoms with Gasteiger partial charge in [0.1, 0.15) is 5.82 Å². The van der Waals surface area contributed by atoms with Crippen molar-refractivity contribution in [3.8, 4) is 0 Å². The van der Waals surface area contributed by atoms with Gasteiger partial charge in [-0.1, -0.05) is 6.92 Å². The van der Waals surface area contributed by atoms with Crippen molar-refractivity contribution in [2.75, 3.05) is 0 Å². The number of nitrogens with zero attached hydrogens (tertiary/aromatic N) is 1. The molecule has 7 heteroatoms. The second kappa shape index (κ2) is 5.62. The van der Waals surface area contributed by atoms with E-state index in [1.54, 1.807) is 6.92 Å². The summed E-state index contributed by atoms with van der Waals surface area (Å²) >= 11 is 1.09. The molecule has 0 heterocycles. The lowest BCUT2D eigenvalue weighted by Crippen LogP contribution is -2.05. The van der Waals surface area contributed by atoms with Crippen LogP contribution in [0.4, 0.5) is 10.1 Å². The molecular weight excluding hydrogens is 249 g/mol. The summed E-state index contributed by atoms with van der Waals surface area (Å²) in [6, 6.07) is 3.20. The number of hydrogen-bond acceptors (Lipinski definition) is 4. The number of hydrogen-bond donors (Lipinski definition) is 1. The highest BCUT2D eigenvalue weighted by molar-refractivity contribution is 8.00. The summed E-state index contributed by atoms with van der Waals surface area (Å²) < 4.78 is 13.1. The highest BCUT2D eigenvalue weighted by atomic mass is 32.2. The van der Waals surface area contributed by atoms with Crippen LogP contribution in [-0.4, -0.2) is 21.2 Å². The van der Waals surface area contributed by atoms with Crippen molar-refractivity contribution in [1.29, 1.82) is 0 Å². The van der Waals surface area contributed by atoms with Crippen molar-refractivity contribution < 1.29 is 19.2 Å². The molecule has 1 N–H and O–H groups in total. The highest BCUT2D eigenvalue weighted by Crippen LogP contribution is 2.29. The monoisotopic (exact) mass is 259 g/mol. The van der Waals surface area contributed by atoms with Crippen LogP contribution in [0.2, 0.25) is 0 Å². The molecular formula is C10H10FNO4S. The van der Waals surface area contributed by atoms with Gasteiger partial charge in [0, 0.05) is 16.2 Å². The molecule has 0 aliphatic heterocycles. The lowest BCUT2D eigenvalue weighted by atomic mass is 10.3. The summed E-state index contributed by atoms with van der Waals surface area (Å²) in [5.74, 6) is -1.67. The van der Waals surface area contributed by atoms with Crippen molar-refractivity contribution in [3.63, 3.8) is 0 Å². The first-order valence-electron chi connectivity index (χ1n) is 4.72. The molecule has 0 aliphatic carbocycles. The van der Waals surface area contributed by atoms with Gasteiger partial charge in [-0.05, 0) is 6.07 Å². The summed E-state index contributed by atoms with van der Waals surface area (Å²) in [4.78, 5) is 20.6. The maximum atomic E-state index is 13.1. The molecule has 1 rings (SSSR count). The normalized spacial score (nSPS) is 12.1. The van der Waals surface area contributed by atoms with Crippen LogP contribution < -0.4 is 0 Å². The zero-order valence-corrected chi connectivity index (χ0v) is 9.74. The minimum absolute atomic E-state index is 0.0883. The number of nitro groups is 1. The predicted molar refractivity (Wildman–Crippen MR) is 60.6 cm³/mol. The van der Waals surface area contributed by atoms with Crippen LogP contribution in [0.15, 0.2) is 23.1 Å². The van der Waals surface area contributed by atoms with E-state index in [9.17, 15) is 19.3 Å². The zero-order chi connectivity index (χ0) is 13.0. The van der Waals surface area contributed by atoms with Gasteiger partial charge in [0.15, 0.2) is 0 Å². The standard InChI is InChI=1S/C10H10FNO4S/c1-6(2-10(13)14)17-9-4-7(11)3-8(5-9)12(15)16/h3-6H,2H2,1H3,(H,13,14). The first-order valence-corrected chi connectivity index (χ1v) is 5.60. The largest absolute Gasteiger partial charge is 0.481 e. The Morgan fingerprint density at radius 1 is 1.59 bits per heavy atom. The maximum Gasteiger partial charge on any atom is 0.304 e. The minimum Gasteiger partial charge on any atom is -0.481 e. The summed E-state index contributed by atoms with van der Waals surface area (Å²) in [5.41, 5.74) is -0.338. The van der Waals surface area contributed by atoms with E-state index in [0.717, 1.165) is 23.9 Å². The predicted octanol–water partition coefficient (Wildman–Crippen LogP) is 2.69. The van der Waals surface area contributed by atoms with E-state index in [-0.39, 0.29) is 17.4 Å². The molecule has 17 heavy (non-hydrogen) atoms. The second-order valence-electron chi connectivity index (χ2n) is 3.43. The van der Waals surface area contributed by atoms with Gasteiger partial charge in [0.2, 0.25) is 0 Å². The van der Waals surface area contributed by atoms with Gasteiger partial charge < -0.3 is 5.11 Å². The fourth-order valence-electron chi connectivity index (χ4n) is 1.24. The van der Waals surface area contributed by atoms with Crippen molar-refractivity contribution in [2.45, 2.75) is 23.5 Å². The molecule has 0 amide bonds. The van der Waals surface area contributed by atoms with E-state index in [2.05, 4.69) is 0 Å². The van der Waals surface area contributed by atoms with Crippen LogP contribution in [0, 0.1) is 15.9 Å². The zero-order valence-electron chi connectivity index (χ0n) is 8.92. The number of nitro benzene ring substituents is 1. The van der Waals surface area contributed by atoms with Crippen LogP contribution in [0.5, 0.6) is 0 Å². The molecule has 0 saturated carbocycles. The number of non-ortho nitro benzene ring substituents is 1. The topological polar surface area (TPSA) is 80.4 Å². The number of carbonyl (C=O) groups is 1. The number of thioether (sulfide) groups is 1. The Kier molecular flexibility index (Phi) is 4.45. The lowest BCUT2D eigenvalue weighted by Gasteiger charge is -2.08. The fraction of sp³-hybridized carbons (Fsp3) is 0.300. The fourth-order valence-corrected chi connectivity index (χ4v) is 2.30. The molecule has 0 bridgehead atoms. The molecule has 1 unspecified atom stereocenters. The molecule has 0 aromatic heterocycles. The Morgan fingerprint density at radius 3 is 2.76 bits per heavy atom. The summed E-state index contributed by atoms with van der Waals surface area (Å²) in [6.07, 6.45) is -0.0883. The van der Waals surface area contributed by atoms with Crippen molar-refractivity contribution in [1.82, 2.24) is 0 Å². The first-order chi connectivity index (χ1) is 7.88. The number of carboxylic acids is 1. The average Bonchev–Trinajstić information content (AvgIpc) is 2.14. The van der Waals surface area contributed by atoms with E-state index in [0.29, 0.717) is 4.90 Å². The van der Waals surface area contributed by atoms with Gasteiger partial charge in [0.25, 0.3) is 5.69 Å². The SMILES string of the molecule is CC(CC(=O)O)Sc1cc(F)cc([N+](=O)[O-])c1. The molecule has 0 fully saturated rings. The molecule has 92 valence electrons. The molecule has 5 nitrogen and oxygen atoms in total. The second-order valence-corrected chi connectivity index (χ2v) is 4.94. The summed E-state index contributed by atoms with van der Waals surface area (Å²) in [6.45, 7) is 1.66. The van der Waals surface area contributed by atoms with Crippen molar-refractivity contribution >= 4 is 23.4 Å². The third-order valence-electron chi connectivity index (χ3n) is 1.87. The lowest BCUT2D eigenvalue weighted by molar-refractivity contribution is -0.385. The van der Waals surface area contributed by atoms with E-state index in [1.165, 1.54) is 6.07 Å². The van der Waals surface area contributed by atoms with Gasteiger partial charge >= 0.3 is 5.97 Å². The van der Waals surface area contributed by atoms with Crippen LogP contribution in [0.3, 0.4) is 0 Å². The molecule has 0 saturated heterocycles. The molecule has 1 aromatic carbocycles. The van der Waals surface area contributed by atoms with Crippen LogP contribution in [-0.2, 0) is 4.79 Å². The summed E-state index contributed by atoms with van der Waals surface area (Å²) in [5, 5.41) is 18.8. The molecule has 0 aliphatic rings. The molecule has 0 radical (unpaired) electrons. The van der Waals surface area contributed by atoms with E-state index < -0.39 is 16.7 Å². The Morgan fingerprint density at radius 2 is 2.24 bits per heavy atom. The van der Waals surface area contributed by atoms with Crippen LogP contribution >= 0.6 is 11.8 Å². The van der Waals surface area contributed by atoms with Crippen molar-refractivity contribution in [3.05, 3.63) is 34.1 Å². The Hall–Kier alpha value is -1.63. The van der Waals surface area contributed by atoms with E-state index in [4.69, 9.17) is 5.11 Å². The highest BCUT2D eigenvalue weighted by Gasteiger charge is 2.14. The minimum atomic E-state index is -0.962. The van der Waals surface area contributed by atoms with Crippen LogP contribution in [0.1, 0.15) is 13.3 Å².